The summed E-state index contributed by atoms with van der Waals surface area (Å²) in [6.45, 7) is 6.48. The Balaban J connectivity index is 1.75. The maximum atomic E-state index is 13.2. The second kappa shape index (κ2) is 8.66. The van der Waals surface area contributed by atoms with Crippen LogP contribution in [-0.2, 0) is 17.6 Å². The van der Waals surface area contributed by atoms with Crippen LogP contribution in [0.3, 0.4) is 0 Å². The SMILES string of the molecule is CC(C)N(C)C(=O)[C@H]1CN([C@@H]2c3ncccc3CCc3cccc(Cl)c32)CCN1C. The van der Waals surface area contributed by atoms with Gasteiger partial charge in [0, 0.05) is 43.9 Å². The maximum Gasteiger partial charge on any atom is 0.241 e. The Kier molecular flexibility index (Phi) is 6.14. The van der Waals surface area contributed by atoms with Crippen molar-refractivity contribution in [2.24, 2.45) is 0 Å². The maximum absolute atomic E-state index is 13.2. The van der Waals surface area contributed by atoms with Crippen LogP contribution >= 0.6 is 11.6 Å². The summed E-state index contributed by atoms with van der Waals surface area (Å²) in [5, 5.41) is 0.789. The third kappa shape index (κ3) is 3.86. The number of nitrogens with zero attached hydrogens (tertiary/aromatic N) is 4. The van der Waals surface area contributed by atoms with Crippen molar-refractivity contribution in [2.75, 3.05) is 33.7 Å². The number of piperazine rings is 1. The number of hydrogen-bond donors (Lipinski definition) is 0. The van der Waals surface area contributed by atoms with Crippen LogP contribution in [0.2, 0.25) is 5.02 Å². The molecule has 2 heterocycles. The Morgan fingerprint density at radius 2 is 1.90 bits per heavy atom. The Morgan fingerprint density at radius 1 is 1.17 bits per heavy atom. The van der Waals surface area contributed by atoms with Crippen LogP contribution < -0.4 is 0 Å². The number of likely N-dealkylation sites (N-methyl/N-ethyl adjacent to an activating group) is 2. The number of rotatable bonds is 3. The van der Waals surface area contributed by atoms with Crippen molar-refractivity contribution in [3.8, 4) is 0 Å². The van der Waals surface area contributed by atoms with Crippen LogP contribution in [-0.4, -0.2) is 71.4 Å². The molecule has 0 unspecified atom stereocenters. The number of halogens is 1. The van der Waals surface area contributed by atoms with Crippen LogP contribution in [0.5, 0.6) is 0 Å². The second-order valence-corrected chi connectivity index (χ2v) is 9.20. The summed E-state index contributed by atoms with van der Waals surface area (Å²) >= 11 is 6.77. The Hall–Kier alpha value is -1.95. The van der Waals surface area contributed by atoms with Crippen molar-refractivity contribution in [1.29, 1.82) is 0 Å². The molecule has 1 aliphatic heterocycles. The fourth-order valence-electron chi connectivity index (χ4n) is 4.66. The molecule has 2 aromatic rings. The number of hydrogen-bond acceptors (Lipinski definition) is 4. The lowest BCUT2D eigenvalue weighted by molar-refractivity contribution is -0.139. The normalized spacial score (nSPS) is 22.3. The molecule has 0 saturated carbocycles. The van der Waals surface area contributed by atoms with Crippen LogP contribution in [0.1, 0.15) is 42.3 Å². The molecule has 160 valence electrons. The van der Waals surface area contributed by atoms with Gasteiger partial charge >= 0.3 is 0 Å². The van der Waals surface area contributed by atoms with Gasteiger partial charge in [-0.1, -0.05) is 29.8 Å². The van der Waals surface area contributed by atoms with Gasteiger partial charge in [-0.05, 0) is 62.6 Å². The van der Waals surface area contributed by atoms with Crippen molar-refractivity contribution >= 4 is 17.5 Å². The third-order valence-corrected chi connectivity index (χ3v) is 7.05. The zero-order valence-electron chi connectivity index (χ0n) is 18.3. The van der Waals surface area contributed by atoms with Crippen LogP contribution in [0.4, 0.5) is 0 Å². The molecule has 6 heteroatoms. The Morgan fingerprint density at radius 3 is 2.67 bits per heavy atom. The number of amides is 1. The van der Waals surface area contributed by atoms with Crippen molar-refractivity contribution in [3.05, 3.63) is 63.9 Å². The minimum Gasteiger partial charge on any atom is -0.342 e. The summed E-state index contributed by atoms with van der Waals surface area (Å²) in [7, 11) is 3.95. The molecule has 1 amide bonds. The smallest absolute Gasteiger partial charge is 0.241 e. The summed E-state index contributed by atoms with van der Waals surface area (Å²) in [5.41, 5.74) is 4.80. The van der Waals surface area contributed by atoms with Crippen molar-refractivity contribution in [3.63, 3.8) is 0 Å². The first-order valence-electron chi connectivity index (χ1n) is 10.8. The third-order valence-electron chi connectivity index (χ3n) is 6.72. The first-order valence-corrected chi connectivity index (χ1v) is 11.2. The average Bonchev–Trinajstić information content (AvgIpc) is 2.91. The van der Waals surface area contributed by atoms with E-state index in [4.69, 9.17) is 16.6 Å². The molecule has 30 heavy (non-hydrogen) atoms. The van der Waals surface area contributed by atoms with Gasteiger partial charge in [0.2, 0.25) is 5.91 Å². The standard InChI is InChI=1S/C24H31ClN4O/c1-16(2)28(4)24(30)20-15-29(14-13-27(20)3)23-21-17(7-5-9-19(21)25)10-11-18-8-6-12-26-22(18)23/h5-9,12,16,20,23H,10-11,13-15H2,1-4H3/t20-,23+/m1/s1. The van der Waals surface area contributed by atoms with E-state index in [1.165, 1.54) is 11.1 Å². The van der Waals surface area contributed by atoms with Gasteiger partial charge in [-0.2, -0.15) is 0 Å². The van der Waals surface area contributed by atoms with E-state index in [9.17, 15) is 4.79 Å². The molecule has 4 rings (SSSR count). The summed E-state index contributed by atoms with van der Waals surface area (Å²) in [6, 6.07) is 10.4. The molecule has 1 fully saturated rings. The minimum absolute atomic E-state index is 0.0271. The minimum atomic E-state index is -0.174. The number of aromatic nitrogens is 1. The molecule has 2 aliphatic rings. The van der Waals surface area contributed by atoms with E-state index >= 15 is 0 Å². The van der Waals surface area contributed by atoms with Gasteiger partial charge in [0.05, 0.1) is 11.7 Å². The molecule has 1 aromatic heterocycles. The predicted molar refractivity (Wildman–Crippen MR) is 121 cm³/mol. The average molecular weight is 427 g/mol. The molecule has 1 aromatic carbocycles. The van der Waals surface area contributed by atoms with E-state index in [0.717, 1.165) is 42.2 Å². The molecular formula is C24H31ClN4O. The topological polar surface area (TPSA) is 39.7 Å². The zero-order chi connectivity index (χ0) is 21.4. The van der Waals surface area contributed by atoms with Crippen LogP contribution in [0.25, 0.3) is 0 Å². The van der Waals surface area contributed by atoms with Gasteiger partial charge in [-0.15, -0.1) is 0 Å². The molecule has 0 radical (unpaired) electrons. The van der Waals surface area contributed by atoms with Gasteiger partial charge in [0.15, 0.2) is 0 Å². The summed E-state index contributed by atoms with van der Waals surface area (Å²) in [4.78, 5) is 24.5. The summed E-state index contributed by atoms with van der Waals surface area (Å²) in [6.07, 6.45) is 3.79. The van der Waals surface area contributed by atoms with Gasteiger partial charge in [-0.3, -0.25) is 19.6 Å². The molecule has 1 saturated heterocycles. The predicted octanol–water partition coefficient (Wildman–Crippen LogP) is 3.41. The first kappa shape index (κ1) is 21.3. The number of carbonyl (C=O) groups is 1. The van der Waals surface area contributed by atoms with Gasteiger partial charge < -0.3 is 4.90 Å². The van der Waals surface area contributed by atoms with Gasteiger partial charge in [0.1, 0.15) is 6.04 Å². The van der Waals surface area contributed by atoms with E-state index in [-0.39, 0.29) is 24.0 Å². The molecule has 0 N–H and O–H groups in total. The zero-order valence-corrected chi connectivity index (χ0v) is 19.1. The molecule has 0 spiro atoms. The summed E-state index contributed by atoms with van der Waals surface area (Å²) < 4.78 is 0. The molecule has 1 aliphatic carbocycles. The molecule has 2 atom stereocenters. The number of carbonyl (C=O) groups excluding carboxylic acids is 1. The lowest BCUT2D eigenvalue weighted by atomic mass is 9.95. The van der Waals surface area contributed by atoms with Crippen molar-refractivity contribution < 1.29 is 4.79 Å². The van der Waals surface area contributed by atoms with E-state index in [0.29, 0.717) is 6.54 Å². The fraction of sp³-hybridized carbons (Fsp3) is 0.500. The van der Waals surface area contributed by atoms with E-state index in [2.05, 4.69) is 35.8 Å². The van der Waals surface area contributed by atoms with E-state index in [1.54, 1.807) is 0 Å². The molecule has 0 bridgehead atoms. The van der Waals surface area contributed by atoms with Crippen molar-refractivity contribution in [2.45, 2.75) is 44.8 Å². The fourth-order valence-corrected chi connectivity index (χ4v) is 4.96. The number of benzene rings is 1. The highest BCUT2D eigenvalue weighted by molar-refractivity contribution is 6.31. The lowest BCUT2D eigenvalue weighted by Gasteiger charge is -2.44. The number of aryl methyl sites for hydroxylation is 2. The number of fused-ring (bicyclic) bond motifs is 2. The molecular weight excluding hydrogens is 396 g/mol. The quantitative estimate of drug-likeness (QED) is 0.754. The monoisotopic (exact) mass is 426 g/mol. The van der Waals surface area contributed by atoms with Gasteiger partial charge in [0.25, 0.3) is 0 Å². The largest absolute Gasteiger partial charge is 0.342 e. The molecule has 5 nitrogen and oxygen atoms in total. The Labute approximate surface area is 184 Å². The highest BCUT2D eigenvalue weighted by atomic mass is 35.5. The van der Waals surface area contributed by atoms with E-state index < -0.39 is 0 Å². The van der Waals surface area contributed by atoms with Crippen LogP contribution in [0, 0.1) is 0 Å². The van der Waals surface area contributed by atoms with Gasteiger partial charge in [-0.25, -0.2) is 0 Å². The highest BCUT2D eigenvalue weighted by Crippen LogP contribution is 2.40. The first-order chi connectivity index (χ1) is 14.4. The Bertz CT molecular complexity index is 931. The van der Waals surface area contributed by atoms with Crippen molar-refractivity contribution in [1.82, 2.24) is 19.7 Å². The highest BCUT2D eigenvalue weighted by Gasteiger charge is 2.39. The summed E-state index contributed by atoms with van der Waals surface area (Å²) in [5.74, 6) is 0.173. The second-order valence-electron chi connectivity index (χ2n) is 8.80. The lowest BCUT2D eigenvalue weighted by Crippen LogP contribution is -2.59. The van der Waals surface area contributed by atoms with Crippen LogP contribution in [0.15, 0.2) is 36.5 Å². The van der Waals surface area contributed by atoms with E-state index in [1.807, 2.05) is 43.4 Å². The number of pyridine rings is 1.